The van der Waals surface area contributed by atoms with E-state index in [-0.39, 0.29) is 5.78 Å². The SMILES string of the molecule is O=C(C[n+]1ccsc1)c1ccc2ccccc2c1. The van der Waals surface area contributed by atoms with Crippen molar-refractivity contribution in [1.82, 2.24) is 0 Å². The lowest BCUT2D eigenvalue weighted by atomic mass is 10.0. The summed E-state index contributed by atoms with van der Waals surface area (Å²) >= 11 is 1.59. The fourth-order valence-electron chi connectivity index (χ4n) is 1.97. The Labute approximate surface area is 109 Å². The van der Waals surface area contributed by atoms with Crippen molar-refractivity contribution >= 4 is 27.9 Å². The fraction of sp³-hybridized carbons (Fsp3) is 0.0667. The van der Waals surface area contributed by atoms with Crippen LogP contribution in [-0.2, 0) is 6.54 Å². The number of ketones is 1. The Morgan fingerprint density at radius 3 is 2.72 bits per heavy atom. The van der Waals surface area contributed by atoms with Crippen molar-refractivity contribution in [3.63, 3.8) is 0 Å². The quantitative estimate of drug-likeness (QED) is 0.520. The van der Waals surface area contributed by atoms with Crippen LogP contribution in [0.2, 0.25) is 0 Å². The number of fused-ring (bicyclic) bond motifs is 1. The highest BCUT2D eigenvalue weighted by molar-refractivity contribution is 7.07. The summed E-state index contributed by atoms with van der Waals surface area (Å²) in [6, 6.07) is 13.9. The molecule has 0 bridgehead atoms. The van der Waals surface area contributed by atoms with Crippen LogP contribution in [0.25, 0.3) is 10.8 Å². The highest BCUT2D eigenvalue weighted by Gasteiger charge is 2.12. The number of carbonyl (C=O) groups is 1. The molecule has 0 aliphatic carbocycles. The molecule has 0 aliphatic rings. The largest absolute Gasteiger partial charge is 0.287 e. The van der Waals surface area contributed by atoms with Gasteiger partial charge in [-0.2, -0.15) is 4.57 Å². The van der Waals surface area contributed by atoms with Crippen LogP contribution in [0.5, 0.6) is 0 Å². The van der Waals surface area contributed by atoms with Crippen LogP contribution in [0.3, 0.4) is 0 Å². The first-order chi connectivity index (χ1) is 8.83. The summed E-state index contributed by atoms with van der Waals surface area (Å²) in [5.74, 6) is 0.143. The van der Waals surface area contributed by atoms with E-state index in [2.05, 4.69) is 6.07 Å². The van der Waals surface area contributed by atoms with Crippen molar-refractivity contribution in [2.75, 3.05) is 0 Å². The van der Waals surface area contributed by atoms with Crippen LogP contribution in [0.4, 0.5) is 0 Å². The molecule has 3 heteroatoms. The Kier molecular flexibility index (Phi) is 2.90. The summed E-state index contributed by atoms with van der Waals surface area (Å²) in [6.07, 6.45) is 1.92. The number of aromatic nitrogens is 1. The van der Waals surface area contributed by atoms with Crippen molar-refractivity contribution in [3.05, 3.63) is 65.1 Å². The molecule has 0 amide bonds. The van der Waals surface area contributed by atoms with Crippen molar-refractivity contribution in [1.29, 1.82) is 0 Å². The third-order valence-electron chi connectivity index (χ3n) is 2.92. The fourth-order valence-corrected chi connectivity index (χ4v) is 2.57. The molecular formula is C15H12NOS+. The Morgan fingerprint density at radius 1 is 1.11 bits per heavy atom. The van der Waals surface area contributed by atoms with E-state index in [1.807, 2.05) is 58.1 Å². The first-order valence-corrected chi connectivity index (χ1v) is 6.70. The van der Waals surface area contributed by atoms with Gasteiger partial charge in [-0.1, -0.05) is 47.7 Å². The van der Waals surface area contributed by atoms with Gasteiger partial charge in [0.15, 0.2) is 6.20 Å². The summed E-state index contributed by atoms with van der Waals surface area (Å²) in [5.41, 5.74) is 2.71. The third kappa shape index (κ3) is 2.17. The lowest BCUT2D eigenvalue weighted by Gasteiger charge is -2.00. The molecule has 0 spiro atoms. The zero-order valence-corrected chi connectivity index (χ0v) is 10.6. The Morgan fingerprint density at radius 2 is 1.94 bits per heavy atom. The molecule has 2 aromatic carbocycles. The molecule has 88 valence electrons. The smallest absolute Gasteiger partial charge is 0.227 e. The minimum atomic E-state index is 0.143. The maximum atomic E-state index is 12.1. The van der Waals surface area contributed by atoms with Gasteiger partial charge in [0.25, 0.3) is 0 Å². The number of hydrogen-bond acceptors (Lipinski definition) is 2. The Bertz CT molecular complexity index is 689. The minimum absolute atomic E-state index is 0.143. The van der Waals surface area contributed by atoms with Gasteiger partial charge in [0.2, 0.25) is 17.8 Å². The van der Waals surface area contributed by atoms with E-state index in [1.54, 1.807) is 11.3 Å². The van der Waals surface area contributed by atoms with Gasteiger partial charge in [-0.05, 0) is 16.8 Å². The van der Waals surface area contributed by atoms with E-state index in [9.17, 15) is 4.79 Å². The summed E-state index contributed by atoms with van der Waals surface area (Å²) in [7, 11) is 0. The lowest BCUT2D eigenvalue weighted by Crippen LogP contribution is -2.34. The normalized spacial score (nSPS) is 10.7. The van der Waals surface area contributed by atoms with Gasteiger partial charge in [-0.3, -0.25) is 4.79 Å². The van der Waals surface area contributed by atoms with E-state index >= 15 is 0 Å². The van der Waals surface area contributed by atoms with Gasteiger partial charge in [-0.25, -0.2) is 0 Å². The second kappa shape index (κ2) is 4.70. The number of rotatable bonds is 3. The van der Waals surface area contributed by atoms with E-state index in [0.29, 0.717) is 6.54 Å². The molecule has 0 radical (unpaired) electrons. The van der Waals surface area contributed by atoms with Crippen molar-refractivity contribution in [2.45, 2.75) is 6.54 Å². The van der Waals surface area contributed by atoms with Crippen LogP contribution < -0.4 is 4.57 Å². The maximum Gasteiger partial charge on any atom is 0.227 e. The maximum absolute atomic E-state index is 12.1. The first kappa shape index (κ1) is 11.1. The second-order valence-corrected chi connectivity index (χ2v) is 4.94. The molecule has 0 saturated carbocycles. The van der Waals surface area contributed by atoms with Crippen LogP contribution >= 0.6 is 11.3 Å². The van der Waals surface area contributed by atoms with Gasteiger partial charge in [0, 0.05) is 5.56 Å². The van der Waals surface area contributed by atoms with Gasteiger partial charge in [0.05, 0.1) is 5.38 Å². The monoisotopic (exact) mass is 254 g/mol. The van der Waals surface area contributed by atoms with Gasteiger partial charge in [0.1, 0.15) is 0 Å². The lowest BCUT2D eigenvalue weighted by molar-refractivity contribution is -0.678. The van der Waals surface area contributed by atoms with Gasteiger partial charge in [-0.15, -0.1) is 0 Å². The van der Waals surface area contributed by atoms with Crippen LogP contribution in [0.1, 0.15) is 10.4 Å². The molecule has 0 saturated heterocycles. The first-order valence-electron chi connectivity index (χ1n) is 5.76. The summed E-state index contributed by atoms with van der Waals surface area (Å²) in [5, 5.41) is 4.24. The molecule has 3 aromatic rings. The number of hydrogen-bond donors (Lipinski definition) is 0. The zero-order chi connectivity index (χ0) is 12.4. The van der Waals surface area contributed by atoms with E-state index < -0.39 is 0 Å². The standard InChI is InChI=1S/C15H12NOS/c17-15(10-16-7-8-18-11-16)14-6-5-12-3-1-2-4-13(12)9-14/h1-9,11H,10H2/q+1. The van der Waals surface area contributed by atoms with Gasteiger partial charge >= 0.3 is 0 Å². The van der Waals surface area contributed by atoms with Crippen molar-refractivity contribution in [3.8, 4) is 0 Å². The number of nitrogens with zero attached hydrogens (tertiary/aromatic N) is 1. The summed E-state index contributed by atoms with van der Waals surface area (Å²) in [4.78, 5) is 12.1. The van der Waals surface area contributed by atoms with E-state index in [4.69, 9.17) is 0 Å². The second-order valence-electron chi connectivity index (χ2n) is 4.18. The highest BCUT2D eigenvalue weighted by atomic mass is 32.1. The Hall–Kier alpha value is -2.00. The zero-order valence-electron chi connectivity index (χ0n) is 9.74. The van der Waals surface area contributed by atoms with E-state index in [1.165, 1.54) is 0 Å². The summed E-state index contributed by atoms with van der Waals surface area (Å²) in [6.45, 7) is 0.405. The van der Waals surface area contributed by atoms with Crippen molar-refractivity contribution in [2.24, 2.45) is 0 Å². The average Bonchev–Trinajstić information content (AvgIpc) is 2.91. The average molecular weight is 254 g/mol. The topological polar surface area (TPSA) is 20.9 Å². The molecule has 0 N–H and O–H groups in total. The minimum Gasteiger partial charge on any atom is -0.287 e. The summed E-state index contributed by atoms with van der Waals surface area (Å²) < 4.78 is 1.90. The molecule has 0 atom stereocenters. The predicted octanol–water partition coefficient (Wildman–Crippen LogP) is 3.07. The molecule has 0 aliphatic heterocycles. The Balaban J connectivity index is 1.92. The molecule has 18 heavy (non-hydrogen) atoms. The molecule has 1 heterocycles. The number of carbonyl (C=O) groups excluding carboxylic acids is 1. The predicted molar refractivity (Wildman–Crippen MR) is 72.8 cm³/mol. The molecule has 3 rings (SSSR count). The van der Waals surface area contributed by atoms with Crippen LogP contribution in [0.15, 0.2) is 59.6 Å². The molecular weight excluding hydrogens is 242 g/mol. The van der Waals surface area contributed by atoms with Crippen molar-refractivity contribution < 1.29 is 9.36 Å². The van der Waals surface area contributed by atoms with Crippen LogP contribution in [0, 0.1) is 0 Å². The molecule has 2 nitrogen and oxygen atoms in total. The molecule has 1 aromatic heterocycles. The molecule has 0 fully saturated rings. The number of benzene rings is 2. The third-order valence-corrected chi connectivity index (χ3v) is 3.60. The van der Waals surface area contributed by atoms with Crippen LogP contribution in [-0.4, -0.2) is 5.78 Å². The number of thiazole rings is 1. The highest BCUT2D eigenvalue weighted by Crippen LogP contribution is 2.15. The molecule has 0 unspecified atom stereocenters. The number of Topliss-reactive ketones (excluding diaryl/α,β-unsaturated/α-hetero) is 1. The van der Waals surface area contributed by atoms with Gasteiger partial charge < -0.3 is 0 Å². The van der Waals surface area contributed by atoms with E-state index in [0.717, 1.165) is 16.3 Å².